The molecule has 1 aromatic carbocycles. The largest absolute Gasteiger partial charge is 0.496 e. The van der Waals surface area contributed by atoms with Crippen LogP contribution in [0.1, 0.15) is 98.0 Å². The summed E-state index contributed by atoms with van der Waals surface area (Å²) >= 11 is 0. The maximum absolute atomic E-state index is 14.0. The molecule has 49 heavy (non-hydrogen) atoms. The number of halogens is 1. The van der Waals surface area contributed by atoms with Gasteiger partial charge < -0.3 is 25.2 Å². The molecule has 3 atom stereocenters. The van der Waals surface area contributed by atoms with Gasteiger partial charge in [-0.2, -0.15) is 0 Å². The number of carbonyl (C=O) groups is 3. The van der Waals surface area contributed by atoms with Crippen LogP contribution in [0.25, 0.3) is 10.9 Å². The number of nitrogens with zero attached hydrogens (tertiary/aromatic N) is 4. The molecule has 2 saturated heterocycles. The molecule has 2 aromatic rings. The quantitative estimate of drug-likeness (QED) is 0.282. The molecule has 1 aromatic heterocycles. The van der Waals surface area contributed by atoms with Gasteiger partial charge in [-0.1, -0.05) is 27.7 Å². The van der Waals surface area contributed by atoms with Crippen LogP contribution in [0.4, 0.5) is 5.82 Å². The Labute approximate surface area is 299 Å². The van der Waals surface area contributed by atoms with Crippen molar-refractivity contribution in [3.05, 3.63) is 24.0 Å². The van der Waals surface area contributed by atoms with Crippen molar-refractivity contribution in [1.29, 1.82) is 0 Å². The number of hydrogen-bond acceptors (Lipinski definition) is 9. The third-order valence-electron chi connectivity index (χ3n) is 11.3. The third-order valence-corrected chi connectivity index (χ3v) is 11.3. The molecule has 0 radical (unpaired) electrons. The lowest BCUT2D eigenvalue weighted by Crippen LogP contribution is -2.48. The van der Waals surface area contributed by atoms with Gasteiger partial charge in [0.15, 0.2) is 5.78 Å². The Bertz CT molecular complexity index is 1450. The zero-order chi connectivity index (χ0) is 34.6. The van der Waals surface area contributed by atoms with Gasteiger partial charge in [0.25, 0.3) is 0 Å². The number of likely N-dealkylation sites (tertiary alicyclic amines) is 2. The first-order chi connectivity index (χ1) is 22.9. The van der Waals surface area contributed by atoms with Crippen molar-refractivity contribution in [3.8, 4) is 5.75 Å². The summed E-state index contributed by atoms with van der Waals surface area (Å²) in [5, 5.41) is 7.59. The third kappa shape index (κ3) is 9.30. The highest BCUT2D eigenvalue weighted by molar-refractivity contribution is 5.96. The van der Waals surface area contributed by atoms with E-state index in [-0.39, 0.29) is 48.8 Å². The monoisotopic (exact) mass is 698 g/mol. The van der Waals surface area contributed by atoms with Crippen molar-refractivity contribution in [1.82, 2.24) is 25.1 Å². The first kappa shape index (κ1) is 39.0. The number of aromatic nitrogens is 2. The van der Waals surface area contributed by atoms with Crippen molar-refractivity contribution in [2.45, 2.75) is 123 Å². The standard InChI is InChI=1S/C38H58N6O4.ClH/c1-24-14-17-43(18-15-24)28-12-10-27(11-13-28)42-36-29-19-26(35(48-7)22-31(29)40-23-41-36)20-34(46)32-9-8-16-44(32)37(47)30(38(3,4)5)21-33(45)25(2)39-6;/h19,22-25,27-28,30,32,39H,8-18,20-21H2,1-7H3,(H,40,41,42);1H/t25-,27?,28?,30+,32-;/m0./s1. The van der Waals surface area contributed by atoms with E-state index in [9.17, 15) is 14.4 Å². The fourth-order valence-corrected chi connectivity index (χ4v) is 7.92. The minimum absolute atomic E-state index is 0. The van der Waals surface area contributed by atoms with Crippen LogP contribution < -0.4 is 15.4 Å². The van der Waals surface area contributed by atoms with Gasteiger partial charge in [-0.05, 0) is 95.8 Å². The molecule has 3 fully saturated rings. The molecule has 11 heteroatoms. The van der Waals surface area contributed by atoms with Crippen LogP contribution in [-0.4, -0.2) is 95.2 Å². The molecule has 2 aliphatic heterocycles. The van der Waals surface area contributed by atoms with Gasteiger partial charge in [0.05, 0.1) is 24.7 Å². The molecule has 0 unspecified atom stereocenters. The Hall–Kier alpha value is -2.82. The number of fused-ring (bicyclic) bond motifs is 1. The molecule has 272 valence electrons. The van der Waals surface area contributed by atoms with Crippen LogP contribution in [0.15, 0.2) is 18.5 Å². The van der Waals surface area contributed by atoms with Crippen molar-refractivity contribution in [2.24, 2.45) is 17.3 Å². The molecule has 3 aliphatic rings. The maximum Gasteiger partial charge on any atom is 0.227 e. The number of rotatable bonds is 12. The number of ether oxygens (including phenoxy) is 1. The van der Waals surface area contributed by atoms with Crippen LogP contribution in [0.5, 0.6) is 5.75 Å². The first-order valence-corrected chi connectivity index (χ1v) is 18.2. The topological polar surface area (TPSA) is 117 Å². The van der Waals surface area contributed by atoms with Gasteiger partial charge in [-0.25, -0.2) is 9.97 Å². The molecule has 5 rings (SSSR count). The average Bonchev–Trinajstić information content (AvgIpc) is 3.57. The highest BCUT2D eigenvalue weighted by Gasteiger charge is 2.42. The lowest BCUT2D eigenvalue weighted by atomic mass is 9.76. The van der Waals surface area contributed by atoms with Crippen molar-refractivity contribution < 1.29 is 19.1 Å². The van der Waals surface area contributed by atoms with Crippen LogP contribution in [-0.2, 0) is 20.8 Å². The summed E-state index contributed by atoms with van der Waals surface area (Å²) < 4.78 is 5.76. The molecular weight excluding hydrogens is 640 g/mol. The lowest BCUT2D eigenvalue weighted by molar-refractivity contribution is -0.145. The summed E-state index contributed by atoms with van der Waals surface area (Å²) in [4.78, 5) is 54.5. The molecule has 10 nitrogen and oxygen atoms in total. The number of ketones is 2. The van der Waals surface area contributed by atoms with E-state index in [1.165, 1.54) is 38.8 Å². The predicted octanol–water partition coefficient (Wildman–Crippen LogP) is 5.85. The Morgan fingerprint density at radius 1 is 1.00 bits per heavy atom. The van der Waals surface area contributed by atoms with Gasteiger partial charge >= 0.3 is 0 Å². The van der Waals surface area contributed by atoms with E-state index in [0.717, 1.165) is 47.5 Å². The summed E-state index contributed by atoms with van der Waals surface area (Å²) in [5.74, 6) is 1.62. The molecule has 1 saturated carbocycles. The van der Waals surface area contributed by atoms with E-state index in [4.69, 9.17) is 4.74 Å². The van der Waals surface area contributed by atoms with Crippen molar-refractivity contribution >= 4 is 46.6 Å². The van der Waals surface area contributed by atoms with Gasteiger partial charge in [0.1, 0.15) is 23.7 Å². The zero-order valence-corrected chi connectivity index (χ0v) is 31.5. The summed E-state index contributed by atoms with van der Waals surface area (Å²) in [5.41, 5.74) is 1.11. The number of amides is 1. The molecule has 1 amide bonds. The summed E-state index contributed by atoms with van der Waals surface area (Å²) in [6.07, 6.45) is 10.5. The van der Waals surface area contributed by atoms with Crippen LogP contribution in [0.2, 0.25) is 0 Å². The Balaban J connectivity index is 0.00000541. The number of likely N-dealkylation sites (N-methyl/N-ethyl adjacent to an activating group) is 1. The number of benzene rings is 1. The van der Waals surface area contributed by atoms with Crippen LogP contribution >= 0.6 is 12.4 Å². The van der Waals surface area contributed by atoms with E-state index in [2.05, 4.69) is 32.4 Å². The number of anilines is 1. The minimum Gasteiger partial charge on any atom is -0.496 e. The molecular formula is C38H59ClN6O4. The van der Waals surface area contributed by atoms with Gasteiger partial charge in [0.2, 0.25) is 5.91 Å². The Morgan fingerprint density at radius 3 is 2.33 bits per heavy atom. The maximum atomic E-state index is 14.0. The van der Waals surface area contributed by atoms with E-state index in [1.807, 2.05) is 39.8 Å². The number of hydrogen-bond donors (Lipinski definition) is 2. The summed E-state index contributed by atoms with van der Waals surface area (Å²) in [7, 11) is 3.36. The number of carbonyl (C=O) groups excluding carboxylic acids is 3. The number of nitrogens with one attached hydrogen (secondary N) is 2. The fraction of sp³-hybridized carbons (Fsp3) is 0.711. The smallest absolute Gasteiger partial charge is 0.227 e. The second-order valence-corrected chi connectivity index (χ2v) is 15.7. The highest BCUT2D eigenvalue weighted by atomic mass is 35.5. The lowest BCUT2D eigenvalue weighted by Gasteiger charge is -2.40. The van der Waals surface area contributed by atoms with E-state index in [0.29, 0.717) is 30.8 Å². The molecule has 0 bridgehead atoms. The average molecular weight is 699 g/mol. The predicted molar refractivity (Wildman–Crippen MR) is 198 cm³/mol. The van der Waals surface area contributed by atoms with Crippen molar-refractivity contribution in [3.63, 3.8) is 0 Å². The van der Waals surface area contributed by atoms with E-state index < -0.39 is 17.4 Å². The van der Waals surface area contributed by atoms with Gasteiger partial charge in [-0.3, -0.25) is 14.4 Å². The van der Waals surface area contributed by atoms with E-state index in [1.54, 1.807) is 25.4 Å². The molecule has 3 heterocycles. The Kier molecular flexibility index (Phi) is 13.5. The highest BCUT2D eigenvalue weighted by Crippen LogP contribution is 2.36. The fourth-order valence-electron chi connectivity index (χ4n) is 7.92. The second-order valence-electron chi connectivity index (χ2n) is 15.7. The minimum atomic E-state index is -0.525. The van der Waals surface area contributed by atoms with Crippen molar-refractivity contribution in [2.75, 3.05) is 39.1 Å². The first-order valence-electron chi connectivity index (χ1n) is 18.2. The molecule has 1 aliphatic carbocycles. The van der Waals surface area contributed by atoms with E-state index >= 15 is 0 Å². The number of Topliss-reactive ketones (excluding diaryl/α,β-unsaturated/α-hetero) is 2. The Morgan fingerprint density at radius 2 is 1.69 bits per heavy atom. The summed E-state index contributed by atoms with van der Waals surface area (Å²) in [6.45, 7) is 13.1. The molecule has 0 spiro atoms. The van der Waals surface area contributed by atoms with Crippen LogP contribution in [0, 0.1) is 17.3 Å². The van der Waals surface area contributed by atoms with Crippen LogP contribution in [0.3, 0.4) is 0 Å². The second kappa shape index (κ2) is 16.9. The number of methoxy groups -OCH3 is 1. The number of piperidine rings is 1. The normalized spacial score (nSPS) is 23.5. The molecule has 2 N–H and O–H groups in total. The van der Waals surface area contributed by atoms with Gasteiger partial charge in [-0.15, -0.1) is 12.4 Å². The summed E-state index contributed by atoms with van der Waals surface area (Å²) in [6, 6.07) is 4.04. The van der Waals surface area contributed by atoms with Gasteiger partial charge in [0, 0.05) is 54.4 Å². The SMILES string of the molecule is CN[C@@H](C)C(=O)C[C@H](C(=O)N1CCC[C@H]1C(=O)Cc1cc2c(NC3CCC(N4CCC(C)CC4)CC3)ncnc2cc1OC)C(C)(C)C.Cl. The zero-order valence-electron chi connectivity index (χ0n) is 30.7.